The number of ether oxygens (including phenoxy) is 1. The van der Waals surface area contributed by atoms with Gasteiger partial charge in [0.25, 0.3) is 5.91 Å². The highest BCUT2D eigenvalue weighted by atomic mass is 16.5. The first-order chi connectivity index (χ1) is 12.1. The van der Waals surface area contributed by atoms with Gasteiger partial charge in [-0.2, -0.15) is 4.98 Å². The molecule has 1 aromatic carbocycles. The summed E-state index contributed by atoms with van der Waals surface area (Å²) in [4.78, 5) is 23.2. The number of hydrogen-bond acceptors (Lipinski definition) is 5. The lowest BCUT2D eigenvalue weighted by Crippen LogP contribution is -2.35. The average Bonchev–Trinajstić information content (AvgIpc) is 2.60. The van der Waals surface area contributed by atoms with E-state index in [4.69, 9.17) is 4.74 Å². The fraction of sp³-hybridized carbons (Fsp3) is 0.421. The van der Waals surface area contributed by atoms with E-state index < -0.39 is 0 Å². The van der Waals surface area contributed by atoms with Crippen molar-refractivity contribution in [1.29, 1.82) is 0 Å². The van der Waals surface area contributed by atoms with Crippen LogP contribution in [0, 0.1) is 12.8 Å². The summed E-state index contributed by atoms with van der Waals surface area (Å²) in [5.41, 5.74) is 1.58. The van der Waals surface area contributed by atoms with Crippen LogP contribution in [0.4, 0.5) is 11.6 Å². The third-order valence-corrected chi connectivity index (χ3v) is 4.17. The van der Waals surface area contributed by atoms with E-state index in [1.165, 1.54) is 6.42 Å². The number of amides is 1. The van der Waals surface area contributed by atoms with Gasteiger partial charge < -0.3 is 15.0 Å². The summed E-state index contributed by atoms with van der Waals surface area (Å²) in [5, 5.41) is 2.79. The van der Waals surface area contributed by atoms with Crippen LogP contribution in [0.15, 0.2) is 36.4 Å². The van der Waals surface area contributed by atoms with Crippen molar-refractivity contribution in [1.82, 2.24) is 9.97 Å². The zero-order valence-electron chi connectivity index (χ0n) is 14.7. The quantitative estimate of drug-likeness (QED) is 0.906. The molecule has 6 nitrogen and oxygen atoms in total. The van der Waals surface area contributed by atoms with Gasteiger partial charge in [-0.25, -0.2) is 4.98 Å². The van der Waals surface area contributed by atoms with Gasteiger partial charge in [-0.1, -0.05) is 25.1 Å². The van der Waals surface area contributed by atoms with E-state index in [9.17, 15) is 4.79 Å². The lowest BCUT2D eigenvalue weighted by molar-refractivity contribution is -0.118. The topological polar surface area (TPSA) is 67.3 Å². The number of aromatic nitrogens is 2. The van der Waals surface area contributed by atoms with Gasteiger partial charge >= 0.3 is 0 Å². The molecule has 0 radical (unpaired) electrons. The molecule has 1 amide bonds. The van der Waals surface area contributed by atoms with E-state index in [0.717, 1.165) is 30.9 Å². The Labute approximate surface area is 148 Å². The fourth-order valence-electron chi connectivity index (χ4n) is 2.97. The van der Waals surface area contributed by atoms with Crippen molar-refractivity contribution >= 4 is 17.5 Å². The first-order valence-electron chi connectivity index (χ1n) is 8.68. The van der Waals surface area contributed by atoms with Crippen molar-refractivity contribution < 1.29 is 9.53 Å². The minimum absolute atomic E-state index is 0.0822. The molecule has 1 aromatic heterocycles. The summed E-state index contributed by atoms with van der Waals surface area (Å²) >= 11 is 0. The molecule has 1 aliphatic rings. The summed E-state index contributed by atoms with van der Waals surface area (Å²) in [7, 11) is 0. The van der Waals surface area contributed by atoms with E-state index >= 15 is 0 Å². The Morgan fingerprint density at radius 3 is 2.88 bits per heavy atom. The second-order valence-corrected chi connectivity index (χ2v) is 6.54. The summed E-state index contributed by atoms with van der Waals surface area (Å²) in [6.45, 7) is 5.99. The summed E-state index contributed by atoms with van der Waals surface area (Å²) < 4.78 is 5.59. The highest BCUT2D eigenvalue weighted by Crippen LogP contribution is 2.22. The number of carbonyl (C=O) groups excluding carboxylic acids is 1. The Morgan fingerprint density at radius 1 is 1.32 bits per heavy atom. The highest BCUT2D eigenvalue weighted by Gasteiger charge is 2.19. The Kier molecular flexibility index (Phi) is 5.48. The summed E-state index contributed by atoms with van der Waals surface area (Å²) in [6.07, 6.45) is 2.39. The van der Waals surface area contributed by atoms with Crippen molar-refractivity contribution in [3.05, 3.63) is 42.1 Å². The smallest absolute Gasteiger partial charge is 0.262 e. The molecule has 0 aliphatic carbocycles. The molecule has 1 atom stereocenters. The molecule has 0 bridgehead atoms. The maximum absolute atomic E-state index is 12.0. The van der Waals surface area contributed by atoms with Crippen LogP contribution in [0.5, 0.6) is 5.88 Å². The zero-order chi connectivity index (χ0) is 17.6. The monoisotopic (exact) mass is 340 g/mol. The second-order valence-electron chi connectivity index (χ2n) is 6.54. The molecule has 3 rings (SSSR count). The van der Waals surface area contributed by atoms with E-state index in [-0.39, 0.29) is 12.5 Å². The molecule has 1 saturated heterocycles. The minimum Gasteiger partial charge on any atom is -0.467 e. The van der Waals surface area contributed by atoms with Gasteiger partial charge in [0.05, 0.1) is 0 Å². The molecule has 0 saturated carbocycles. The molecule has 1 aliphatic heterocycles. The normalized spacial score (nSPS) is 17.2. The third kappa shape index (κ3) is 4.92. The Morgan fingerprint density at radius 2 is 2.12 bits per heavy atom. The summed E-state index contributed by atoms with van der Waals surface area (Å²) in [5.74, 6) is 1.54. The van der Waals surface area contributed by atoms with Gasteiger partial charge in [0.2, 0.25) is 11.8 Å². The molecular weight excluding hydrogens is 316 g/mol. The number of para-hydroxylation sites is 1. The number of anilines is 2. The third-order valence-electron chi connectivity index (χ3n) is 4.17. The fourth-order valence-corrected chi connectivity index (χ4v) is 2.97. The number of piperidine rings is 1. The molecule has 2 heterocycles. The molecule has 2 aromatic rings. The predicted octanol–water partition coefficient (Wildman–Crippen LogP) is 3.04. The van der Waals surface area contributed by atoms with E-state index in [1.807, 2.05) is 37.3 Å². The maximum atomic E-state index is 12.0. The van der Waals surface area contributed by atoms with E-state index in [2.05, 4.69) is 27.1 Å². The number of nitrogens with one attached hydrogen (secondary N) is 1. The van der Waals surface area contributed by atoms with Gasteiger partial charge in [0.15, 0.2) is 6.61 Å². The van der Waals surface area contributed by atoms with E-state index in [0.29, 0.717) is 17.7 Å². The van der Waals surface area contributed by atoms with Crippen LogP contribution in [-0.4, -0.2) is 35.6 Å². The lowest BCUT2D eigenvalue weighted by atomic mass is 10.0. The van der Waals surface area contributed by atoms with Crippen molar-refractivity contribution in [2.24, 2.45) is 5.92 Å². The molecule has 25 heavy (non-hydrogen) atoms. The Balaban J connectivity index is 1.61. The van der Waals surface area contributed by atoms with Crippen molar-refractivity contribution in [2.75, 3.05) is 29.9 Å². The Hall–Kier alpha value is -2.63. The van der Waals surface area contributed by atoms with Crippen molar-refractivity contribution in [3.8, 4) is 5.88 Å². The zero-order valence-corrected chi connectivity index (χ0v) is 14.7. The molecule has 1 N–H and O–H groups in total. The van der Waals surface area contributed by atoms with Gasteiger partial charge in [-0.15, -0.1) is 0 Å². The maximum Gasteiger partial charge on any atom is 0.262 e. The highest BCUT2D eigenvalue weighted by molar-refractivity contribution is 5.91. The molecule has 132 valence electrons. The van der Waals surface area contributed by atoms with Crippen LogP contribution < -0.4 is 15.0 Å². The largest absolute Gasteiger partial charge is 0.467 e. The number of carbonyl (C=O) groups is 1. The predicted molar refractivity (Wildman–Crippen MR) is 97.9 cm³/mol. The number of benzene rings is 1. The van der Waals surface area contributed by atoms with Gasteiger partial charge in [0.1, 0.15) is 0 Å². The van der Waals surface area contributed by atoms with E-state index in [1.54, 1.807) is 6.07 Å². The van der Waals surface area contributed by atoms with Crippen LogP contribution in [0.2, 0.25) is 0 Å². The molecule has 0 spiro atoms. The SMILES string of the molecule is Cc1cc(OCC(=O)Nc2ccccc2)nc(N2CCC[C@H](C)C2)n1. The number of nitrogens with zero attached hydrogens (tertiary/aromatic N) is 3. The molecule has 6 heteroatoms. The lowest BCUT2D eigenvalue weighted by Gasteiger charge is -2.31. The molecule has 1 fully saturated rings. The molecule has 0 unspecified atom stereocenters. The van der Waals surface area contributed by atoms with Crippen molar-refractivity contribution in [2.45, 2.75) is 26.7 Å². The van der Waals surface area contributed by atoms with Gasteiger partial charge in [-0.05, 0) is 37.8 Å². The second kappa shape index (κ2) is 7.96. The van der Waals surface area contributed by atoms with Crippen LogP contribution in [0.25, 0.3) is 0 Å². The van der Waals surface area contributed by atoms with Crippen molar-refractivity contribution in [3.63, 3.8) is 0 Å². The first kappa shape index (κ1) is 17.2. The van der Waals surface area contributed by atoms with Crippen LogP contribution in [0.1, 0.15) is 25.5 Å². The molecular formula is C19H24N4O2. The van der Waals surface area contributed by atoms with Crippen LogP contribution in [-0.2, 0) is 4.79 Å². The number of hydrogen-bond donors (Lipinski definition) is 1. The standard InChI is InChI=1S/C19H24N4O2/c1-14-7-6-10-23(12-14)19-20-15(2)11-18(22-19)25-13-17(24)21-16-8-4-3-5-9-16/h3-5,8-9,11,14H,6-7,10,12-13H2,1-2H3,(H,21,24)/t14-/m0/s1. The Bertz CT molecular complexity index is 721. The minimum atomic E-state index is -0.212. The average molecular weight is 340 g/mol. The number of rotatable bonds is 5. The first-order valence-corrected chi connectivity index (χ1v) is 8.68. The van der Waals surface area contributed by atoms with Gasteiger partial charge in [0, 0.05) is 30.5 Å². The van der Waals surface area contributed by atoms with Crippen LogP contribution in [0.3, 0.4) is 0 Å². The number of aryl methyl sites for hydroxylation is 1. The van der Waals surface area contributed by atoms with Gasteiger partial charge in [-0.3, -0.25) is 4.79 Å². The van der Waals surface area contributed by atoms with Crippen LogP contribution >= 0.6 is 0 Å². The summed E-state index contributed by atoms with van der Waals surface area (Å²) in [6, 6.07) is 11.1.